The van der Waals surface area contributed by atoms with Gasteiger partial charge in [-0.3, -0.25) is 4.79 Å². The van der Waals surface area contributed by atoms with Crippen LogP contribution in [-0.4, -0.2) is 17.9 Å². The molecule has 2 atom stereocenters. The number of hydrogen-bond donors (Lipinski definition) is 2. The van der Waals surface area contributed by atoms with Crippen molar-refractivity contribution in [3.8, 4) is 0 Å². The second kappa shape index (κ2) is 2.41. The van der Waals surface area contributed by atoms with Gasteiger partial charge in [0, 0.05) is 12.3 Å². The molecule has 0 aromatic heterocycles. The normalized spacial score (nSPS) is 29.5. The smallest absolute Gasteiger partial charge is 0.251 e. The van der Waals surface area contributed by atoms with E-state index in [-0.39, 0.29) is 12.8 Å². The molecule has 0 aromatic rings. The van der Waals surface area contributed by atoms with E-state index >= 15 is 0 Å². The van der Waals surface area contributed by atoms with E-state index in [4.69, 9.17) is 11.5 Å². The van der Waals surface area contributed by atoms with Gasteiger partial charge in [-0.15, -0.1) is 0 Å². The van der Waals surface area contributed by atoms with Gasteiger partial charge in [-0.25, -0.2) is 8.78 Å². The van der Waals surface area contributed by atoms with Crippen molar-refractivity contribution in [3.05, 3.63) is 0 Å². The number of alkyl halides is 2. The summed E-state index contributed by atoms with van der Waals surface area (Å²) in [6.45, 7) is 0. The molecule has 0 saturated heterocycles. The standard InChI is InChI=1S/C6H10F2N2O/c7-6(8)2-3(6)1-4(9)5(10)11/h3-4H,1-2,9H2,(H2,10,11). The zero-order valence-corrected chi connectivity index (χ0v) is 5.89. The SMILES string of the molecule is NC(=O)C(N)CC1CC1(F)F. The van der Waals surface area contributed by atoms with Gasteiger partial charge < -0.3 is 11.5 Å². The molecule has 0 spiro atoms. The van der Waals surface area contributed by atoms with Crippen molar-refractivity contribution in [3.63, 3.8) is 0 Å². The van der Waals surface area contributed by atoms with E-state index in [0.717, 1.165) is 0 Å². The van der Waals surface area contributed by atoms with Crippen LogP contribution >= 0.6 is 0 Å². The van der Waals surface area contributed by atoms with Crippen molar-refractivity contribution in [1.29, 1.82) is 0 Å². The van der Waals surface area contributed by atoms with Crippen LogP contribution in [0.5, 0.6) is 0 Å². The highest BCUT2D eigenvalue weighted by atomic mass is 19.3. The largest absolute Gasteiger partial charge is 0.368 e. The lowest BCUT2D eigenvalue weighted by atomic mass is 10.1. The average Bonchev–Trinajstić information content (AvgIpc) is 2.39. The van der Waals surface area contributed by atoms with E-state index in [0.29, 0.717) is 0 Å². The van der Waals surface area contributed by atoms with Crippen molar-refractivity contribution in [2.45, 2.75) is 24.8 Å². The molecule has 5 heteroatoms. The summed E-state index contributed by atoms with van der Waals surface area (Å²) in [5, 5.41) is 0. The van der Waals surface area contributed by atoms with Crippen LogP contribution in [0.4, 0.5) is 8.78 Å². The summed E-state index contributed by atoms with van der Waals surface area (Å²) in [6, 6.07) is -0.923. The zero-order chi connectivity index (χ0) is 8.65. The molecule has 1 aliphatic carbocycles. The summed E-state index contributed by atoms with van der Waals surface area (Å²) in [6.07, 6.45) is -0.156. The Labute approximate surface area is 62.7 Å². The Morgan fingerprint density at radius 1 is 1.73 bits per heavy atom. The highest BCUT2D eigenvalue weighted by molar-refractivity contribution is 5.79. The van der Waals surface area contributed by atoms with Gasteiger partial charge in [0.1, 0.15) is 0 Å². The van der Waals surface area contributed by atoms with Gasteiger partial charge in [0.25, 0.3) is 5.92 Å². The van der Waals surface area contributed by atoms with Crippen molar-refractivity contribution in [1.82, 2.24) is 0 Å². The Morgan fingerprint density at radius 2 is 2.18 bits per heavy atom. The summed E-state index contributed by atoms with van der Waals surface area (Å²) in [4.78, 5) is 10.3. The quantitative estimate of drug-likeness (QED) is 0.608. The van der Waals surface area contributed by atoms with Crippen LogP contribution in [0.1, 0.15) is 12.8 Å². The second-order valence-electron chi connectivity index (χ2n) is 2.91. The van der Waals surface area contributed by atoms with Gasteiger partial charge in [0.05, 0.1) is 6.04 Å². The molecule has 0 aromatic carbocycles. The fourth-order valence-corrected chi connectivity index (χ4v) is 0.948. The summed E-state index contributed by atoms with van der Waals surface area (Å²) < 4.78 is 24.4. The molecule has 1 rings (SSSR count). The second-order valence-corrected chi connectivity index (χ2v) is 2.91. The van der Waals surface area contributed by atoms with Crippen molar-refractivity contribution in [2.24, 2.45) is 17.4 Å². The molecular weight excluding hydrogens is 154 g/mol. The lowest BCUT2D eigenvalue weighted by Crippen LogP contribution is -2.37. The number of rotatable bonds is 3. The first-order valence-electron chi connectivity index (χ1n) is 3.36. The number of amides is 1. The maximum absolute atomic E-state index is 12.2. The topological polar surface area (TPSA) is 69.1 Å². The first kappa shape index (κ1) is 8.39. The van der Waals surface area contributed by atoms with E-state index in [2.05, 4.69) is 0 Å². The highest BCUT2D eigenvalue weighted by Gasteiger charge is 2.57. The fraction of sp³-hybridized carbons (Fsp3) is 0.833. The minimum Gasteiger partial charge on any atom is -0.368 e. The van der Waals surface area contributed by atoms with Crippen molar-refractivity contribution < 1.29 is 13.6 Å². The minimum absolute atomic E-state index is 0.00231. The Morgan fingerprint density at radius 3 is 2.45 bits per heavy atom. The van der Waals surface area contributed by atoms with E-state index in [1.807, 2.05) is 0 Å². The average molecular weight is 164 g/mol. The van der Waals surface area contributed by atoms with Crippen molar-refractivity contribution in [2.75, 3.05) is 0 Å². The molecule has 1 amide bonds. The molecule has 4 N–H and O–H groups in total. The lowest BCUT2D eigenvalue weighted by Gasteiger charge is -2.04. The van der Waals surface area contributed by atoms with Crippen LogP contribution in [0.2, 0.25) is 0 Å². The molecule has 64 valence electrons. The molecule has 1 aliphatic rings. The Bertz CT molecular complexity index is 183. The molecule has 0 heterocycles. The maximum Gasteiger partial charge on any atom is 0.251 e. The fourth-order valence-electron chi connectivity index (χ4n) is 0.948. The zero-order valence-electron chi connectivity index (χ0n) is 5.89. The minimum atomic E-state index is -2.60. The van der Waals surface area contributed by atoms with Gasteiger partial charge in [0.15, 0.2) is 0 Å². The molecule has 2 unspecified atom stereocenters. The van der Waals surface area contributed by atoms with Crippen LogP contribution in [0.15, 0.2) is 0 Å². The Kier molecular flexibility index (Phi) is 1.83. The highest BCUT2D eigenvalue weighted by Crippen LogP contribution is 2.50. The van der Waals surface area contributed by atoms with E-state index in [9.17, 15) is 13.6 Å². The van der Waals surface area contributed by atoms with Gasteiger partial charge in [0.2, 0.25) is 5.91 Å². The number of carbonyl (C=O) groups is 1. The molecule has 11 heavy (non-hydrogen) atoms. The van der Waals surface area contributed by atoms with Crippen LogP contribution in [0.25, 0.3) is 0 Å². The number of nitrogens with two attached hydrogens (primary N) is 2. The van der Waals surface area contributed by atoms with Gasteiger partial charge in [-0.1, -0.05) is 0 Å². The maximum atomic E-state index is 12.2. The first-order valence-corrected chi connectivity index (χ1v) is 3.36. The molecule has 1 saturated carbocycles. The summed E-state index contributed by atoms with van der Waals surface area (Å²) in [7, 11) is 0. The summed E-state index contributed by atoms with van der Waals surface area (Å²) in [5.41, 5.74) is 9.96. The summed E-state index contributed by atoms with van der Waals surface area (Å²) in [5.74, 6) is -4.05. The van der Waals surface area contributed by atoms with Crippen LogP contribution in [0.3, 0.4) is 0 Å². The predicted octanol–water partition coefficient (Wildman–Crippen LogP) is -0.156. The van der Waals surface area contributed by atoms with Crippen LogP contribution < -0.4 is 11.5 Å². The first-order chi connectivity index (χ1) is 4.93. The van der Waals surface area contributed by atoms with Crippen LogP contribution in [-0.2, 0) is 4.79 Å². The van der Waals surface area contributed by atoms with Gasteiger partial charge in [-0.2, -0.15) is 0 Å². The molecule has 0 bridgehead atoms. The van der Waals surface area contributed by atoms with Crippen molar-refractivity contribution >= 4 is 5.91 Å². The molecule has 0 radical (unpaired) electrons. The molecule has 0 aliphatic heterocycles. The predicted molar refractivity (Wildman–Crippen MR) is 34.8 cm³/mol. The van der Waals surface area contributed by atoms with Gasteiger partial charge >= 0.3 is 0 Å². The number of carbonyl (C=O) groups excluding carboxylic acids is 1. The third kappa shape index (κ3) is 1.86. The monoisotopic (exact) mass is 164 g/mol. The third-order valence-electron chi connectivity index (χ3n) is 1.86. The number of halogens is 2. The number of hydrogen-bond acceptors (Lipinski definition) is 2. The third-order valence-corrected chi connectivity index (χ3v) is 1.86. The van der Waals surface area contributed by atoms with E-state index < -0.39 is 23.8 Å². The number of primary amides is 1. The Balaban J connectivity index is 2.29. The molecule has 3 nitrogen and oxygen atoms in total. The lowest BCUT2D eigenvalue weighted by molar-refractivity contribution is -0.119. The molecular formula is C6H10F2N2O. The van der Waals surface area contributed by atoms with E-state index in [1.165, 1.54) is 0 Å². The van der Waals surface area contributed by atoms with Crippen LogP contribution in [0, 0.1) is 5.92 Å². The van der Waals surface area contributed by atoms with E-state index in [1.54, 1.807) is 0 Å². The Hall–Kier alpha value is -0.710. The van der Waals surface area contributed by atoms with Gasteiger partial charge in [-0.05, 0) is 6.42 Å². The summed E-state index contributed by atoms with van der Waals surface area (Å²) >= 11 is 0. The molecule has 1 fully saturated rings.